The zero-order valence-electron chi connectivity index (χ0n) is 10.3. The fourth-order valence-electron chi connectivity index (χ4n) is 1.71. The number of esters is 1. The molecule has 0 radical (unpaired) electrons. The molecule has 1 N–H and O–H groups in total. The second-order valence-corrected chi connectivity index (χ2v) is 3.87. The Kier molecular flexibility index (Phi) is 4.40. The minimum Gasteiger partial charge on any atom is -0.461 e. The molecule has 5 heteroatoms. The largest absolute Gasteiger partial charge is 0.461 e. The van der Waals surface area contributed by atoms with Crippen molar-refractivity contribution in [1.29, 1.82) is 0 Å². The van der Waals surface area contributed by atoms with Gasteiger partial charge in [0, 0.05) is 0 Å². The fraction of sp³-hybridized carbons (Fsp3) is 0.462. The van der Waals surface area contributed by atoms with Crippen molar-refractivity contribution in [1.82, 2.24) is 0 Å². The highest BCUT2D eigenvalue weighted by Gasteiger charge is 2.59. The average Bonchev–Trinajstić information content (AvgIpc) is 2.38. The Morgan fingerprint density at radius 1 is 1.28 bits per heavy atom. The van der Waals surface area contributed by atoms with Gasteiger partial charge in [-0.25, -0.2) is 4.79 Å². The van der Waals surface area contributed by atoms with Gasteiger partial charge < -0.3 is 9.84 Å². The van der Waals surface area contributed by atoms with Gasteiger partial charge in [-0.05, 0) is 18.9 Å². The third-order valence-electron chi connectivity index (χ3n) is 2.81. The maximum Gasteiger partial charge on any atom is 0.380 e. The van der Waals surface area contributed by atoms with Crippen LogP contribution in [-0.4, -0.2) is 23.6 Å². The predicted octanol–water partition coefficient (Wildman–Crippen LogP) is 2.48. The molecule has 1 aromatic carbocycles. The predicted molar refractivity (Wildman–Crippen MR) is 62.2 cm³/mol. The highest BCUT2D eigenvalue weighted by molar-refractivity contribution is 5.79. The van der Waals surface area contributed by atoms with Gasteiger partial charge >= 0.3 is 11.9 Å². The van der Waals surface area contributed by atoms with Crippen molar-refractivity contribution in [3.63, 3.8) is 0 Å². The number of halogens is 2. The number of ether oxygens (including phenoxy) is 1. The molecule has 0 aliphatic rings. The normalized spacial score (nSPS) is 14.9. The summed E-state index contributed by atoms with van der Waals surface area (Å²) in [6.45, 7) is 2.66. The van der Waals surface area contributed by atoms with Crippen molar-refractivity contribution < 1.29 is 23.4 Å². The maximum atomic E-state index is 14.0. The summed E-state index contributed by atoms with van der Waals surface area (Å²) in [4.78, 5) is 11.3. The number of aliphatic hydroxyl groups is 1. The number of benzene rings is 1. The van der Waals surface area contributed by atoms with Crippen molar-refractivity contribution in [2.45, 2.75) is 31.8 Å². The lowest BCUT2D eigenvalue weighted by Crippen LogP contribution is -2.51. The van der Waals surface area contributed by atoms with Crippen LogP contribution in [0.5, 0.6) is 0 Å². The summed E-state index contributed by atoms with van der Waals surface area (Å²) < 4.78 is 32.4. The quantitative estimate of drug-likeness (QED) is 0.825. The monoisotopic (exact) mass is 258 g/mol. The molecule has 18 heavy (non-hydrogen) atoms. The summed E-state index contributed by atoms with van der Waals surface area (Å²) in [7, 11) is 0. The van der Waals surface area contributed by atoms with Crippen molar-refractivity contribution in [3.8, 4) is 0 Å². The Balaban J connectivity index is 3.19. The Hall–Kier alpha value is -1.49. The fourth-order valence-corrected chi connectivity index (χ4v) is 1.71. The van der Waals surface area contributed by atoms with E-state index in [4.69, 9.17) is 0 Å². The first kappa shape index (κ1) is 14.6. The van der Waals surface area contributed by atoms with Crippen molar-refractivity contribution in [3.05, 3.63) is 35.9 Å². The molecule has 0 heterocycles. The van der Waals surface area contributed by atoms with Crippen molar-refractivity contribution in [2.24, 2.45) is 0 Å². The van der Waals surface area contributed by atoms with Crippen LogP contribution in [0.1, 0.15) is 25.8 Å². The topological polar surface area (TPSA) is 46.5 Å². The van der Waals surface area contributed by atoms with Crippen LogP contribution < -0.4 is 0 Å². The second kappa shape index (κ2) is 5.44. The molecule has 0 aromatic heterocycles. The number of alkyl halides is 2. The highest BCUT2D eigenvalue weighted by Crippen LogP contribution is 2.41. The Bertz CT molecular complexity index is 406. The third kappa shape index (κ3) is 2.36. The van der Waals surface area contributed by atoms with Gasteiger partial charge in [-0.1, -0.05) is 37.3 Å². The minimum absolute atomic E-state index is 0.00875. The van der Waals surface area contributed by atoms with Crippen molar-refractivity contribution in [2.75, 3.05) is 6.61 Å². The molecule has 0 fully saturated rings. The molecule has 1 atom stereocenters. The summed E-state index contributed by atoms with van der Waals surface area (Å²) >= 11 is 0. The van der Waals surface area contributed by atoms with Crippen molar-refractivity contribution >= 4 is 5.97 Å². The molecule has 0 spiro atoms. The first-order valence-corrected chi connectivity index (χ1v) is 5.73. The molecule has 0 saturated carbocycles. The van der Waals surface area contributed by atoms with Gasteiger partial charge in [-0.15, -0.1) is 0 Å². The van der Waals surface area contributed by atoms with Gasteiger partial charge in [0.1, 0.15) is 0 Å². The number of carbonyl (C=O) groups excluding carboxylic acids is 1. The molecule has 0 amide bonds. The summed E-state index contributed by atoms with van der Waals surface area (Å²) in [6, 6.07) is 7.41. The van der Waals surface area contributed by atoms with E-state index in [1.807, 2.05) is 0 Å². The van der Waals surface area contributed by atoms with Gasteiger partial charge in [0.25, 0.3) is 0 Å². The minimum atomic E-state index is -3.99. The molecule has 1 rings (SSSR count). The molecular formula is C13H16F2O3. The van der Waals surface area contributed by atoms with Crippen LogP contribution in [0.15, 0.2) is 30.3 Å². The molecule has 0 unspecified atom stereocenters. The molecule has 3 nitrogen and oxygen atoms in total. The van der Waals surface area contributed by atoms with Crippen LogP contribution in [0.25, 0.3) is 0 Å². The zero-order chi connectivity index (χ0) is 13.8. The van der Waals surface area contributed by atoms with E-state index in [0.717, 1.165) is 0 Å². The van der Waals surface area contributed by atoms with Gasteiger partial charge in [0.2, 0.25) is 0 Å². The van der Waals surface area contributed by atoms with E-state index in [2.05, 4.69) is 4.74 Å². The van der Waals surface area contributed by atoms with E-state index in [1.165, 1.54) is 38.1 Å². The lowest BCUT2D eigenvalue weighted by Gasteiger charge is -2.33. The summed E-state index contributed by atoms with van der Waals surface area (Å²) in [6.07, 6.45) is -0.303. The maximum absolute atomic E-state index is 14.0. The number of hydrogen-bond donors (Lipinski definition) is 1. The van der Waals surface area contributed by atoms with Gasteiger partial charge in [-0.2, -0.15) is 8.78 Å². The summed E-state index contributed by atoms with van der Waals surface area (Å²) in [5, 5.41) is 10.2. The number of hydrogen-bond acceptors (Lipinski definition) is 3. The lowest BCUT2D eigenvalue weighted by atomic mass is 9.85. The smallest absolute Gasteiger partial charge is 0.380 e. The average molecular weight is 258 g/mol. The van der Waals surface area contributed by atoms with E-state index in [0.29, 0.717) is 0 Å². The van der Waals surface area contributed by atoms with Crippen LogP contribution in [-0.2, 0) is 15.1 Å². The second-order valence-electron chi connectivity index (χ2n) is 3.87. The number of rotatable bonds is 5. The number of carbonyl (C=O) groups is 1. The van der Waals surface area contributed by atoms with Crippen LogP contribution in [0.3, 0.4) is 0 Å². The first-order valence-electron chi connectivity index (χ1n) is 5.73. The van der Waals surface area contributed by atoms with Gasteiger partial charge in [0.15, 0.2) is 5.60 Å². The van der Waals surface area contributed by atoms with E-state index in [9.17, 15) is 18.7 Å². The summed E-state index contributed by atoms with van der Waals surface area (Å²) in [5.74, 6) is -5.70. The third-order valence-corrected chi connectivity index (χ3v) is 2.81. The first-order chi connectivity index (χ1) is 8.40. The molecule has 0 bridgehead atoms. The van der Waals surface area contributed by atoms with Crippen LogP contribution >= 0.6 is 0 Å². The van der Waals surface area contributed by atoms with E-state index >= 15 is 0 Å². The van der Waals surface area contributed by atoms with Crippen LogP contribution in [0.2, 0.25) is 0 Å². The molecular weight excluding hydrogens is 242 g/mol. The van der Waals surface area contributed by atoms with Gasteiger partial charge in [0.05, 0.1) is 6.61 Å². The Labute approximate surface area is 104 Å². The Morgan fingerprint density at radius 3 is 2.28 bits per heavy atom. The molecule has 1 aromatic rings. The standard InChI is InChI=1S/C13H16F2O3/c1-3-12(17,10-8-6-5-7-9-10)13(14,15)11(16)18-4-2/h5-9,17H,3-4H2,1-2H3/t12-/m1/s1. The molecule has 0 aliphatic heterocycles. The van der Waals surface area contributed by atoms with E-state index < -0.39 is 17.5 Å². The Morgan fingerprint density at radius 2 is 1.83 bits per heavy atom. The van der Waals surface area contributed by atoms with E-state index in [-0.39, 0.29) is 18.6 Å². The van der Waals surface area contributed by atoms with Crippen LogP contribution in [0.4, 0.5) is 8.78 Å². The highest BCUT2D eigenvalue weighted by atomic mass is 19.3. The lowest BCUT2D eigenvalue weighted by molar-refractivity contribution is -0.218. The van der Waals surface area contributed by atoms with Crippen LogP contribution in [0, 0.1) is 0 Å². The van der Waals surface area contributed by atoms with Gasteiger partial charge in [-0.3, -0.25) is 0 Å². The zero-order valence-corrected chi connectivity index (χ0v) is 10.3. The molecule has 100 valence electrons. The van der Waals surface area contributed by atoms with E-state index in [1.54, 1.807) is 6.07 Å². The molecule has 0 aliphatic carbocycles. The summed E-state index contributed by atoms with van der Waals surface area (Å²) in [5.41, 5.74) is -2.56. The molecule has 0 saturated heterocycles. The SMILES string of the molecule is CCOC(=O)C(F)(F)[C@@](O)(CC)c1ccccc1.